The lowest BCUT2D eigenvalue weighted by Crippen LogP contribution is -2.13. The molecule has 0 unspecified atom stereocenters. The molecule has 0 saturated heterocycles. The summed E-state index contributed by atoms with van der Waals surface area (Å²) in [6, 6.07) is 14.9. The normalized spacial score (nSPS) is 12.3. The molecule has 0 atom stereocenters. The Kier molecular flexibility index (Phi) is 5.39. The van der Waals surface area contributed by atoms with Gasteiger partial charge < -0.3 is 20.1 Å². The number of hydrogen-bond acceptors (Lipinski definition) is 8. The van der Waals surface area contributed by atoms with Gasteiger partial charge in [-0.3, -0.25) is 9.97 Å². The lowest BCUT2D eigenvalue weighted by Gasteiger charge is -2.12. The first-order valence-corrected chi connectivity index (χ1v) is 11.0. The Bertz CT molecular complexity index is 1510. The SMILES string of the molecule is Fc1cnccc1Nc1nc(-c2ccccn2)nn2ccc(CNCc3ccc4c(c3)OCO4)c12. The van der Waals surface area contributed by atoms with E-state index in [1.54, 1.807) is 16.8 Å². The van der Waals surface area contributed by atoms with Crippen LogP contribution < -0.4 is 20.1 Å². The van der Waals surface area contributed by atoms with Crippen LogP contribution in [-0.2, 0) is 13.1 Å². The molecule has 9 nitrogen and oxygen atoms in total. The van der Waals surface area contributed by atoms with Crippen molar-refractivity contribution in [2.45, 2.75) is 13.1 Å². The average Bonchev–Trinajstić information content (AvgIpc) is 3.53. The number of aromatic nitrogens is 5. The van der Waals surface area contributed by atoms with Gasteiger partial charge in [-0.25, -0.2) is 13.9 Å². The maximum atomic E-state index is 14.4. The molecule has 0 aliphatic carbocycles. The lowest BCUT2D eigenvalue weighted by atomic mass is 10.2. The number of rotatable bonds is 7. The molecule has 1 aromatic carbocycles. The third kappa shape index (κ3) is 4.22. The van der Waals surface area contributed by atoms with Crippen molar-refractivity contribution in [1.29, 1.82) is 0 Å². The Morgan fingerprint density at radius 1 is 1.00 bits per heavy atom. The van der Waals surface area contributed by atoms with Crippen LogP contribution in [-0.4, -0.2) is 31.4 Å². The number of hydrogen-bond donors (Lipinski definition) is 2. The second-order valence-corrected chi connectivity index (χ2v) is 7.90. The molecule has 35 heavy (non-hydrogen) atoms. The number of fused-ring (bicyclic) bond motifs is 2. The number of ether oxygens (including phenoxy) is 2. The summed E-state index contributed by atoms with van der Waals surface area (Å²) >= 11 is 0. The number of benzene rings is 1. The molecule has 5 aromatic rings. The Morgan fingerprint density at radius 2 is 1.94 bits per heavy atom. The summed E-state index contributed by atoms with van der Waals surface area (Å²) in [5, 5.41) is 11.2. The number of nitrogens with zero attached hydrogens (tertiary/aromatic N) is 5. The van der Waals surface area contributed by atoms with Crippen LogP contribution in [0, 0.1) is 5.82 Å². The van der Waals surface area contributed by atoms with Gasteiger partial charge in [0.15, 0.2) is 23.1 Å². The van der Waals surface area contributed by atoms with Crippen LogP contribution in [0.15, 0.2) is 73.3 Å². The summed E-state index contributed by atoms with van der Waals surface area (Å²) in [7, 11) is 0. The van der Waals surface area contributed by atoms with E-state index in [4.69, 9.17) is 14.5 Å². The first-order valence-electron chi connectivity index (χ1n) is 11.0. The molecular formula is C25H20FN7O2. The highest BCUT2D eigenvalue weighted by Crippen LogP contribution is 2.32. The van der Waals surface area contributed by atoms with Crippen molar-refractivity contribution in [2.75, 3.05) is 12.1 Å². The van der Waals surface area contributed by atoms with Gasteiger partial charge in [0, 0.05) is 31.7 Å². The van der Waals surface area contributed by atoms with Crippen molar-refractivity contribution in [1.82, 2.24) is 29.9 Å². The average molecular weight is 469 g/mol. The van der Waals surface area contributed by atoms with E-state index in [9.17, 15) is 4.39 Å². The standard InChI is InChI=1S/C25H20FN7O2/c26-18-14-27-9-6-19(18)30-25-23-17(13-28-12-16-4-5-21-22(11-16)35-15-34-21)7-10-33(23)32-24(31-25)20-3-1-2-8-29-20/h1-11,14,28H,12-13,15H2,(H,27,30,31,32). The van der Waals surface area contributed by atoms with E-state index in [-0.39, 0.29) is 12.5 Å². The van der Waals surface area contributed by atoms with Crippen LogP contribution in [0.3, 0.4) is 0 Å². The van der Waals surface area contributed by atoms with E-state index in [1.807, 2.05) is 48.7 Å². The summed E-state index contributed by atoms with van der Waals surface area (Å²) < 4.78 is 27.0. The van der Waals surface area contributed by atoms with Gasteiger partial charge in [-0.2, -0.15) is 0 Å². The number of pyridine rings is 2. The molecule has 0 spiro atoms. The Labute approximate surface area is 199 Å². The zero-order valence-corrected chi connectivity index (χ0v) is 18.5. The monoisotopic (exact) mass is 469 g/mol. The van der Waals surface area contributed by atoms with Crippen molar-refractivity contribution in [3.8, 4) is 23.0 Å². The predicted molar refractivity (Wildman–Crippen MR) is 127 cm³/mol. The molecular weight excluding hydrogens is 449 g/mol. The molecule has 0 amide bonds. The lowest BCUT2D eigenvalue weighted by molar-refractivity contribution is 0.174. The maximum Gasteiger partial charge on any atom is 0.231 e. The molecule has 6 rings (SSSR count). The highest BCUT2D eigenvalue weighted by molar-refractivity contribution is 5.78. The van der Waals surface area contributed by atoms with Crippen molar-refractivity contribution in [2.24, 2.45) is 0 Å². The topological polar surface area (TPSA) is 98.5 Å². The van der Waals surface area contributed by atoms with Crippen LogP contribution >= 0.6 is 0 Å². The smallest absolute Gasteiger partial charge is 0.231 e. The number of nitrogens with one attached hydrogen (secondary N) is 2. The van der Waals surface area contributed by atoms with Crippen LogP contribution in [0.2, 0.25) is 0 Å². The van der Waals surface area contributed by atoms with E-state index in [2.05, 4.69) is 25.7 Å². The maximum absolute atomic E-state index is 14.4. The zero-order chi connectivity index (χ0) is 23.6. The van der Waals surface area contributed by atoms with Crippen LogP contribution in [0.5, 0.6) is 11.5 Å². The van der Waals surface area contributed by atoms with Gasteiger partial charge >= 0.3 is 0 Å². The van der Waals surface area contributed by atoms with E-state index in [0.717, 1.165) is 34.3 Å². The van der Waals surface area contributed by atoms with Gasteiger partial charge in [0.05, 0.1) is 11.9 Å². The molecule has 4 aromatic heterocycles. The summed E-state index contributed by atoms with van der Waals surface area (Å²) in [5.74, 6) is 1.92. The Hall–Kier alpha value is -4.57. The minimum atomic E-state index is -0.474. The van der Waals surface area contributed by atoms with E-state index in [1.165, 1.54) is 6.20 Å². The highest BCUT2D eigenvalue weighted by Gasteiger charge is 2.17. The molecule has 2 N–H and O–H groups in total. The summed E-state index contributed by atoms with van der Waals surface area (Å²) in [5.41, 5.74) is 3.65. The fraction of sp³-hybridized carbons (Fsp3) is 0.120. The Balaban J connectivity index is 1.31. The van der Waals surface area contributed by atoms with E-state index >= 15 is 0 Å². The first kappa shape index (κ1) is 21.0. The van der Waals surface area contributed by atoms with Gasteiger partial charge in [-0.15, -0.1) is 5.10 Å². The third-order valence-corrected chi connectivity index (χ3v) is 5.60. The highest BCUT2D eigenvalue weighted by atomic mass is 19.1. The molecule has 0 fully saturated rings. The zero-order valence-electron chi connectivity index (χ0n) is 18.5. The number of anilines is 2. The molecule has 0 bridgehead atoms. The van der Waals surface area contributed by atoms with Gasteiger partial charge in [0.2, 0.25) is 12.6 Å². The Morgan fingerprint density at radius 3 is 2.83 bits per heavy atom. The fourth-order valence-corrected chi connectivity index (χ4v) is 3.92. The van der Waals surface area contributed by atoms with Gasteiger partial charge in [0.1, 0.15) is 11.2 Å². The van der Waals surface area contributed by atoms with Gasteiger partial charge in [0.25, 0.3) is 0 Å². The molecule has 174 valence electrons. The van der Waals surface area contributed by atoms with E-state index < -0.39 is 5.82 Å². The quantitative estimate of drug-likeness (QED) is 0.368. The molecule has 5 heterocycles. The molecule has 10 heteroatoms. The van der Waals surface area contributed by atoms with Crippen molar-refractivity contribution in [3.63, 3.8) is 0 Å². The fourth-order valence-electron chi connectivity index (χ4n) is 3.92. The van der Waals surface area contributed by atoms with Crippen LogP contribution in [0.4, 0.5) is 15.9 Å². The van der Waals surface area contributed by atoms with Gasteiger partial charge in [-0.05, 0) is 47.5 Å². The predicted octanol–water partition coefficient (Wildman–Crippen LogP) is 4.09. The second kappa shape index (κ2) is 8.99. The largest absolute Gasteiger partial charge is 0.454 e. The van der Waals surface area contributed by atoms with Crippen molar-refractivity contribution >= 4 is 17.0 Å². The number of halogens is 1. The minimum Gasteiger partial charge on any atom is -0.454 e. The van der Waals surface area contributed by atoms with Crippen molar-refractivity contribution < 1.29 is 13.9 Å². The summed E-state index contributed by atoms with van der Waals surface area (Å²) in [6.07, 6.45) is 6.22. The first-order chi connectivity index (χ1) is 17.2. The van der Waals surface area contributed by atoms with E-state index in [0.29, 0.717) is 30.4 Å². The molecule has 0 radical (unpaired) electrons. The van der Waals surface area contributed by atoms with Crippen molar-refractivity contribution in [3.05, 3.63) is 90.3 Å². The summed E-state index contributed by atoms with van der Waals surface area (Å²) in [4.78, 5) is 12.9. The van der Waals surface area contributed by atoms with Crippen LogP contribution in [0.1, 0.15) is 11.1 Å². The third-order valence-electron chi connectivity index (χ3n) is 5.60. The van der Waals surface area contributed by atoms with Gasteiger partial charge in [-0.1, -0.05) is 12.1 Å². The minimum absolute atomic E-state index is 0.247. The second-order valence-electron chi connectivity index (χ2n) is 7.90. The molecule has 0 saturated carbocycles. The summed E-state index contributed by atoms with van der Waals surface area (Å²) in [6.45, 7) is 1.42. The van der Waals surface area contributed by atoms with Crippen LogP contribution in [0.25, 0.3) is 17.0 Å². The molecule has 1 aliphatic rings. The molecule has 1 aliphatic heterocycles.